The Bertz CT molecular complexity index is 1010. The third-order valence-electron chi connectivity index (χ3n) is 3.61. The molecule has 0 bridgehead atoms. The number of carboxylic acids is 1. The molecule has 1 aromatic heterocycles. The Balaban J connectivity index is 1.68. The number of carbonyl (C=O) groups is 1. The molecule has 7 nitrogen and oxygen atoms in total. The van der Waals surface area contributed by atoms with Gasteiger partial charge in [0, 0.05) is 6.07 Å². The average molecular weight is 374 g/mol. The van der Waals surface area contributed by atoms with Crippen molar-refractivity contribution < 1.29 is 33.3 Å². The van der Waals surface area contributed by atoms with Crippen LogP contribution in [0.15, 0.2) is 57.7 Å². The van der Waals surface area contributed by atoms with E-state index < -0.39 is 29.1 Å². The number of aliphatic hydroxyl groups is 1. The van der Waals surface area contributed by atoms with E-state index in [-0.39, 0.29) is 29.9 Å². The maximum atomic E-state index is 12.8. The van der Waals surface area contributed by atoms with Crippen LogP contribution >= 0.6 is 0 Å². The van der Waals surface area contributed by atoms with Gasteiger partial charge in [-0.15, -0.1) is 0 Å². The molecule has 0 saturated carbocycles. The van der Waals surface area contributed by atoms with Crippen LogP contribution in [-0.4, -0.2) is 35.5 Å². The van der Waals surface area contributed by atoms with Crippen molar-refractivity contribution in [3.8, 4) is 11.5 Å². The third kappa shape index (κ3) is 4.42. The van der Waals surface area contributed by atoms with Crippen molar-refractivity contribution in [2.24, 2.45) is 0 Å². The first-order chi connectivity index (χ1) is 12.9. The highest BCUT2D eigenvalue weighted by atomic mass is 19.1. The van der Waals surface area contributed by atoms with Crippen LogP contribution in [0.25, 0.3) is 11.0 Å². The number of hydrogen-bond donors (Lipinski definition) is 2. The van der Waals surface area contributed by atoms with Gasteiger partial charge in [-0.1, -0.05) is 6.07 Å². The van der Waals surface area contributed by atoms with Crippen LogP contribution in [0, 0.1) is 5.82 Å². The van der Waals surface area contributed by atoms with Gasteiger partial charge in [-0.25, -0.2) is 9.18 Å². The molecule has 0 aliphatic rings. The standard InChI is InChI=1S/C19H15FO7/c20-11-4-6-13(7-5-11)25-9-12(21)10-26-15-2-1-3-16-18(15)14(22)8-17(27-16)19(23)24/h1-8,12,21H,9-10H2,(H,23,24). The Kier molecular flexibility index (Phi) is 5.37. The van der Waals surface area contributed by atoms with E-state index in [0.717, 1.165) is 6.07 Å². The van der Waals surface area contributed by atoms with Crippen molar-refractivity contribution in [3.63, 3.8) is 0 Å². The topological polar surface area (TPSA) is 106 Å². The van der Waals surface area contributed by atoms with Crippen molar-refractivity contribution >= 4 is 16.9 Å². The van der Waals surface area contributed by atoms with Crippen molar-refractivity contribution in [1.29, 1.82) is 0 Å². The van der Waals surface area contributed by atoms with Gasteiger partial charge in [-0.3, -0.25) is 4.79 Å². The molecule has 1 unspecified atom stereocenters. The first-order valence-electron chi connectivity index (χ1n) is 7.93. The Labute approximate surface area is 152 Å². The van der Waals surface area contributed by atoms with Crippen LogP contribution in [0.5, 0.6) is 11.5 Å². The molecule has 0 aliphatic heterocycles. The van der Waals surface area contributed by atoms with Gasteiger partial charge in [-0.2, -0.15) is 0 Å². The molecule has 0 spiro atoms. The zero-order valence-electron chi connectivity index (χ0n) is 13.9. The summed E-state index contributed by atoms with van der Waals surface area (Å²) >= 11 is 0. The summed E-state index contributed by atoms with van der Waals surface area (Å²) in [5.41, 5.74) is -0.504. The zero-order chi connectivity index (χ0) is 19.4. The minimum Gasteiger partial charge on any atom is -0.491 e. The zero-order valence-corrected chi connectivity index (χ0v) is 13.9. The van der Waals surface area contributed by atoms with Gasteiger partial charge >= 0.3 is 5.97 Å². The number of ether oxygens (including phenoxy) is 2. The average Bonchev–Trinajstić information content (AvgIpc) is 2.65. The van der Waals surface area contributed by atoms with Gasteiger partial charge in [0.2, 0.25) is 5.76 Å². The minimum atomic E-state index is -1.35. The fourth-order valence-corrected chi connectivity index (χ4v) is 2.36. The van der Waals surface area contributed by atoms with Gasteiger partial charge in [0.25, 0.3) is 0 Å². The number of hydrogen-bond acceptors (Lipinski definition) is 6. The monoisotopic (exact) mass is 374 g/mol. The third-order valence-corrected chi connectivity index (χ3v) is 3.61. The molecule has 8 heteroatoms. The molecule has 140 valence electrons. The Morgan fingerprint density at radius 2 is 1.81 bits per heavy atom. The first-order valence-corrected chi connectivity index (χ1v) is 7.93. The molecule has 2 aromatic carbocycles. The molecule has 27 heavy (non-hydrogen) atoms. The van der Waals surface area contributed by atoms with Gasteiger partial charge in [0.15, 0.2) is 5.43 Å². The molecular weight excluding hydrogens is 359 g/mol. The van der Waals surface area contributed by atoms with Gasteiger partial charge < -0.3 is 24.1 Å². The molecule has 3 aromatic rings. The second-order valence-electron chi connectivity index (χ2n) is 5.64. The number of halogens is 1. The van der Waals surface area contributed by atoms with Gasteiger partial charge in [-0.05, 0) is 36.4 Å². The van der Waals surface area contributed by atoms with E-state index in [9.17, 15) is 19.1 Å². The summed E-state index contributed by atoms with van der Waals surface area (Å²) in [5.74, 6) is -1.68. The van der Waals surface area contributed by atoms with Crippen molar-refractivity contribution in [1.82, 2.24) is 0 Å². The second kappa shape index (κ2) is 7.88. The summed E-state index contributed by atoms with van der Waals surface area (Å²) in [5, 5.41) is 19.0. The lowest BCUT2D eigenvalue weighted by Crippen LogP contribution is -2.25. The summed E-state index contributed by atoms with van der Waals surface area (Å²) in [7, 11) is 0. The summed E-state index contributed by atoms with van der Waals surface area (Å²) in [4.78, 5) is 23.2. The number of aliphatic hydroxyl groups excluding tert-OH is 1. The van der Waals surface area contributed by atoms with Crippen LogP contribution in [0.2, 0.25) is 0 Å². The van der Waals surface area contributed by atoms with E-state index >= 15 is 0 Å². The smallest absolute Gasteiger partial charge is 0.371 e. The highest BCUT2D eigenvalue weighted by molar-refractivity contribution is 5.89. The molecule has 0 fully saturated rings. The van der Waals surface area contributed by atoms with E-state index in [0.29, 0.717) is 5.75 Å². The van der Waals surface area contributed by atoms with Crippen molar-refractivity contribution in [2.75, 3.05) is 13.2 Å². The normalized spacial score (nSPS) is 11.9. The predicted octanol–water partition coefficient (Wildman–Crippen LogP) is 2.45. The highest BCUT2D eigenvalue weighted by Gasteiger charge is 2.15. The largest absolute Gasteiger partial charge is 0.491 e. The molecule has 3 rings (SSSR count). The Morgan fingerprint density at radius 3 is 2.52 bits per heavy atom. The van der Waals surface area contributed by atoms with Gasteiger partial charge in [0.1, 0.15) is 47.6 Å². The van der Waals surface area contributed by atoms with Crippen LogP contribution in [0.1, 0.15) is 10.6 Å². The quantitative estimate of drug-likeness (QED) is 0.654. The lowest BCUT2D eigenvalue weighted by molar-refractivity contribution is 0.0631. The molecule has 1 atom stereocenters. The Morgan fingerprint density at radius 1 is 1.11 bits per heavy atom. The van der Waals surface area contributed by atoms with E-state index in [1.165, 1.54) is 42.5 Å². The molecule has 0 aliphatic carbocycles. The molecule has 0 radical (unpaired) electrons. The molecular formula is C19H15FO7. The second-order valence-corrected chi connectivity index (χ2v) is 5.64. The lowest BCUT2D eigenvalue weighted by Gasteiger charge is -2.14. The van der Waals surface area contributed by atoms with Crippen molar-refractivity contribution in [2.45, 2.75) is 6.10 Å². The summed E-state index contributed by atoms with van der Waals surface area (Å²) in [6.45, 7) is -0.283. The number of benzene rings is 2. The first kappa shape index (κ1) is 18.4. The molecule has 2 N–H and O–H groups in total. The SMILES string of the molecule is O=C(O)c1cc(=O)c2c(OCC(O)COc3ccc(F)cc3)cccc2o1. The van der Waals surface area contributed by atoms with E-state index in [4.69, 9.17) is 19.0 Å². The Hall–Kier alpha value is -3.39. The van der Waals surface area contributed by atoms with E-state index in [1.807, 2.05) is 0 Å². The predicted molar refractivity (Wildman–Crippen MR) is 92.8 cm³/mol. The van der Waals surface area contributed by atoms with E-state index in [2.05, 4.69) is 0 Å². The number of rotatable bonds is 7. The van der Waals surface area contributed by atoms with Crippen LogP contribution in [-0.2, 0) is 0 Å². The van der Waals surface area contributed by atoms with Gasteiger partial charge in [0.05, 0.1) is 0 Å². The molecule has 1 heterocycles. The fraction of sp³-hybridized carbons (Fsp3) is 0.158. The number of carboxylic acid groups (broad SMARTS) is 1. The number of fused-ring (bicyclic) bond motifs is 1. The highest BCUT2D eigenvalue weighted by Crippen LogP contribution is 2.23. The van der Waals surface area contributed by atoms with Crippen molar-refractivity contribution in [3.05, 3.63) is 70.3 Å². The summed E-state index contributed by atoms with van der Waals surface area (Å²) < 4.78 is 28.8. The van der Waals surface area contributed by atoms with E-state index in [1.54, 1.807) is 0 Å². The van der Waals surface area contributed by atoms with Crippen LogP contribution in [0.3, 0.4) is 0 Å². The molecule has 0 saturated heterocycles. The summed E-state index contributed by atoms with van der Waals surface area (Å²) in [6, 6.07) is 10.7. The maximum absolute atomic E-state index is 12.8. The fourth-order valence-electron chi connectivity index (χ4n) is 2.36. The van der Waals surface area contributed by atoms with Crippen LogP contribution < -0.4 is 14.9 Å². The van der Waals surface area contributed by atoms with Crippen LogP contribution in [0.4, 0.5) is 4.39 Å². The number of aromatic carboxylic acids is 1. The summed E-state index contributed by atoms with van der Waals surface area (Å²) in [6.07, 6.45) is -1.02. The maximum Gasteiger partial charge on any atom is 0.371 e. The minimum absolute atomic E-state index is 0.0643. The molecule has 0 amide bonds. The lowest BCUT2D eigenvalue weighted by atomic mass is 10.2.